The number of anilines is 1. The van der Waals surface area contributed by atoms with E-state index < -0.39 is 29.7 Å². The van der Waals surface area contributed by atoms with Gasteiger partial charge >= 0.3 is 12.1 Å². The number of alkyl halides is 3. The van der Waals surface area contributed by atoms with E-state index in [4.69, 9.17) is 5.11 Å². The number of nitrogens with zero attached hydrogens (tertiary/aromatic N) is 2. The molecule has 0 spiro atoms. The molecule has 2 aromatic rings. The molecule has 0 saturated heterocycles. The number of halogens is 3. The molecule has 1 heterocycles. The van der Waals surface area contributed by atoms with E-state index in [0.29, 0.717) is 11.6 Å². The van der Waals surface area contributed by atoms with E-state index in [-0.39, 0.29) is 22.5 Å². The van der Waals surface area contributed by atoms with Gasteiger partial charge in [0.15, 0.2) is 0 Å². The third kappa shape index (κ3) is 3.16. The first kappa shape index (κ1) is 17.3. The Morgan fingerprint density at radius 3 is 2.50 bits per heavy atom. The number of nitrogens with one attached hydrogen (secondary N) is 1. The molecule has 1 aromatic carbocycles. The lowest BCUT2D eigenvalue weighted by molar-refractivity contribution is -0.145. The normalized spacial score (nSPS) is 12.8. The SMILES string of the molecule is O=C(O)/C=C/C(=O)Nc1ccc2c(c1)C(=O)c1nc(C(F)(F)F)ncc1-2. The van der Waals surface area contributed by atoms with Crippen molar-refractivity contribution < 1.29 is 32.7 Å². The van der Waals surface area contributed by atoms with Crippen LogP contribution in [0.3, 0.4) is 0 Å². The molecule has 1 aliphatic carbocycles. The molecule has 2 N–H and O–H groups in total. The maximum absolute atomic E-state index is 12.7. The molecule has 0 fully saturated rings. The zero-order chi connectivity index (χ0) is 19.1. The van der Waals surface area contributed by atoms with Gasteiger partial charge in [0, 0.05) is 35.2 Å². The lowest BCUT2D eigenvalue weighted by Crippen LogP contribution is -2.13. The quantitative estimate of drug-likeness (QED) is 0.691. The Morgan fingerprint density at radius 2 is 1.85 bits per heavy atom. The molecule has 0 unspecified atom stereocenters. The molecule has 10 heteroatoms. The molecule has 1 aliphatic rings. The van der Waals surface area contributed by atoms with E-state index >= 15 is 0 Å². The van der Waals surface area contributed by atoms with Crippen molar-refractivity contribution in [1.82, 2.24) is 9.97 Å². The third-order valence-electron chi connectivity index (χ3n) is 3.46. The van der Waals surface area contributed by atoms with Gasteiger partial charge in [-0.05, 0) is 17.7 Å². The Kier molecular flexibility index (Phi) is 4.03. The summed E-state index contributed by atoms with van der Waals surface area (Å²) in [6.45, 7) is 0. The Balaban J connectivity index is 1.92. The number of ketones is 1. The number of amides is 1. The summed E-state index contributed by atoms with van der Waals surface area (Å²) in [6, 6.07) is 4.14. The largest absolute Gasteiger partial charge is 0.478 e. The number of carbonyl (C=O) groups excluding carboxylic acids is 2. The molecule has 7 nitrogen and oxygen atoms in total. The number of hydrogen-bond acceptors (Lipinski definition) is 5. The van der Waals surface area contributed by atoms with Crippen LogP contribution in [0, 0.1) is 0 Å². The van der Waals surface area contributed by atoms with Gasteiger partial charge in [-0.3, -0.25) is 9.59 Å². The lowest BCUT2D eigenvalue weighted by atomic mass is 10.1. The molecular formula is C16H8F3N3O4. The molecule has 1 amide bonds. The fraction of sp³-hybridized carbons (Fsp3) is 0.0625. The second-order valence-corrected chi connectivity index (χ2v) is 5.20. The minimum absolute atomic E-state index is 0.0636. The number of carboxylic acids is 1. The van der Waals surface area contributed by atoms with Crippen molar-refractivity contribution in [3.63, 3.8) is 0 Å². The standard InChI is InChI=1S/C16H8F3N3O4/c17-16(18,19)15-20-6-10-8-2-1-7(21-11(23)3-4-12(24)25)5-9(8)14(26)13(10)22-15/h1-6H,(H,21,23)(H,24,25)/b4-3+. The zero-order valence-corrected chi connectivity index (χ0v) is 12.7. The maximum atomic E-state index is 12.7. The van der Waals surface area contributed by atoms with Gasteiger partial charge in [-0.25, -0.2) is 14.8 Å². The summed E-state index contributed by atoms with van der Waals surface area (Å²) < 4.78 is 38.2. The minimum atomic E-state index is -4.78. The van der Waals surface area contributed by atoms with Gasteiger partial charge in [0.2, 0.25) is 17.5 Å². The van der Waals surface area contributed by atoms with Crippen molar-refractivity contribution in [3.05, 3.63) is 53.6 Å². The van der Waals surface area contributed by atoms with Crippen molar-refractivity contribution in [3.8, 4) is 11.1 Å². The number of hydrogen-bond donors (Lipinski definition) is 2. The highest BCUT2D eigenvalue weighted by atomic mass is 19.4. The van der Waals surface area contributed by atoms with Crippen LogP contribution in [0.1, 0.15) is 21.9 Å². The minimum Gasteiger partial charge on any atom is -0.478 e. The highest BCUT2D eigenvalue weighted by Crippen LogP contribution is 2.38. The van der Waals surface area contributed by atoms with Crippen LogP contribution in [-0.4, -0.2) is 32.7 Å². The van der Waals surface area contributed by atoms with E-state index in [2.05, 4.69) is 15.3 Å². The molecule has 0 saturated carbocycles. The molecule has 0 aliphatic heterocycles. The van der Waals surface area contributed by atoms with Crippen LogP contribution >= 0.6 is 0 Å². The topological polar surface area (TPSA) is 109 Å². The third-order valence-corrected chi connectivity index (χ3v) is 3.46. The first-order valence-corrected chi connectivity index (χ1v) is 7.02. The number of fused-ring (bicyclic) bond motifs is 3. The summed E-state index contributed by atoms with van der Waals surface area (Å²) in [5.41, 5.74) is 0.388. The smallest absolute Gasteiger partial charge is 0.451 e. The number of carbonyl (C=O) groups is 3. The number of carboxylic acid groups (broad SMARTS) is 1. The Morgan fingerprint density at radius 1 is 1.12 bits per heavy atom. The van der Waals surface area contributed by atoms with Crippen LogP contribution in [0.5, 0.6) is 0 Å². The average Bonchev–Trinajstić information content (AvgIpc) is 2.84. The van der Waals surface area contributed by atoms with Crippen LogP contribution in [0.15, 0.2) is 36.5 Å². The van der Waals surface area contributed by atoms with Crippen LogP contribution < -0.4 is 5.32 Å². The highest BCUT2D eigenvalue weighted by molar-refractivity contribution is 6.21. The van der Waals surface area contributed by atoms with Gasteiger partial charge in [0.05, 0.1) is 0 Å². The average molecular weight is 363 g/mol. The summed E-state index contributed by atoms with van der Waals surface area (Å²) in [4.78, 5) is 40.9. The zero-order valence-electron chi connectivity index (χ0n) is 12.7. The summed E-state index contributed by atoms with van der Waals surface area (Å²) in [7, 11) is 0. The van der Waals surface area contributed by atoms with Gasteiger partial charge in [-0.2, -0.15) is 13.2 Å². The molecule has 1 aromatic heterocycles. The number of rotatable bonds is 3. The Hall–Kier alpha value is -3.56. The second kappa shape index (κ2) is 6.06. The number of aromatic nitrogens is 2. The monoisotopic (exact) mass is 363 g/mol. The van der Waals surface area contributed by atoms with Gasteiger partial charge in [0.1, 0.15) is 5.69 Å². The summed E-state index contributed by atoms with van der Waals surface area (Å²) in [5, 5.41) is 10.8. The molecule has 26 heavy (non-hydrogen) atoms. The van der Waals surface area contributed by atoms with Crippen molar-refractivity contribution in [2.75, 3.05) is 5.32 Å². The first-order chi connectivity index (χ1) is 12.2. The van der Waals surface area contributed by atoms with E-state index in [0.717, 1.165) is 12.3 Å². The van der Waals surface area contributed by atoms with Crippen molar-refractivity contribution in [2.45, 2.75) is 6.18 Å². The highest BCUT2D eigenvalue weighted by Gasteiger charge is 2.38. The van der Waals surface area contributed by atoms with E-state index in [1.165, 1.54) is 18.2 Å². The van der Waals surface area contributed by atoms with Gasteiger partial charge < -0.3 is 10.4 Å². The number of aliphatic carboxylic acids is 1. The second-order valence-electron chi connectivity index (χ2n) is 5.20. The van der Waals surface area contributed by atoms with Crippen molar-refractivity contribution in [2.24, 2.45) is 0 Å². The van der Waals surface area contributed by atoms with E-state index in [9.17, 15) is 27.6 Å². The van der Waals surface area contributed by atoms with Crippen molar-refractivity contribution in [1.29, 1.82) is 0 Å². The predicted molar refractivity (Wildman–Crippen MR) is 81.3 cm³/mol. The fourth-order valence-corrected chi connectivity index (χ4v) is 2.39. The van der Waals surface area contributed by atoms with Gasteiger partial charge in [-0.1, -0.05) is 6.07 Å². The molecule has 132 valence electrons. The maximum Gasteiger partial charge on any atom is 0.451 e. The lowest BCUT2D eigenvalue weighted by Gasteiger charge is -2.06. The molecule has 0 radical (unpaired) electrons. The van der Waals surface area contributed by atoms with E-state index in [1.54, 1.807) is 0 Å². The first-order valence-electron chi connectivity index (χ1n) is 7.02. The van der Waals surface area contributed by atoms with E-state index in [1.807, 2.05) is 0 Å². The molecule has 0 atom stereocenters. The van der Waals surface area contributed by atoms with Crippen molar-refractivity contribution >= 4 is 23.3 Å². The summed E-state index contributed by atoms with van der Waals surface area (Å²) >= 11 is 0. The van der Waals surface area contributed by atoms with Crippen LogP contribution in [-0.2, 0) is 15.8 Å². The predicted octanol–water partition coefficient (Wildman–Crippen LogP) is 2.29. The van der Waals surface area contributed by atoms with Gasteiger partial charge in [-0.15, -0.1) is 0 Å². The molecule has 0 bridgehead atoms. The van der Waals surface area contributed by atoms with Gasteiger partial charge in [0.25, 0.3) is 0 Å². The van der Waals surface area contributed by atoms with Crippen LogP contribution in [0.25, 0.3) is 11.1 Å². The van der Waals surface area contributed by atoms with Crippen LogP contribution in [0.2, 0.25) is 0 Å². The molecule has 3 rings (SSSR count). The van der Waals surface area contributed by atoms with Crippen LogP contribution in [0.4, 0.5) is 18.9 Å². The Labute approximate surface area is 143 Å². The Bertz CT molecular complexity index is 983. The summed E-state index contributed by atoms with van der Waals surface area (Å²) in [5.74, 6) is -4.18. The number of benzene rings is 1. The summed E-state index contributed by atoms with van der Waals surface area (Å²) in [6.07, 6.45) is -2.42. The molecular weight excluding hydrogens is 355 g/mol. The fourth-order valence-electron chi connectivity index (χ4n) is 2.39.